The van der Waals surface area contributed by atoms with Crippen molar-refractivity contribution in [2.75, 3.05) is 19.6 Å². The average Bonchev–Trinajstić information content (AvgIpc) is 2.26. The van der Waals surface area contributed by atoms with Crippen molar-refractivity contribution in [3.05, 3.63) is 0 Å². The molecule has 0 bridgehead atoms. The number of amidine groups is 1. The van der Waals surface area contributed by atoms with Gasteiger partial charge < -0.3 is 5.73 Å². The molecule has 0 aromatic heterocycles. The highest BCUT2D eigenvalue weighted by Gasteiger charge is 2.33. The number of rotatable bonds is 4. The Labute approximate surface area is 103 Å². The monoisotopic (exact) mass is 288 g/mol. The molecule has 1 fully saturated rings. The van der Waals surface area contributed by atoms with Gasteiger partial charge in [0.15, 0.2) is 0 Å². The molecule has 6 nitrogen and oxygen atoms in total. The van der Waals surface area contributed by atoms with Crippen molar-refractivity contribution in [2.45, 2.75) is 19.0 Å². The SMILES string of the molecule is N=C(N)C1CCN(S(=O)(=O)NCC(F)(F)F)CC1. The maximum absolute atomic E-state index is 11.9. The first-order valence-corrected chi connectivity index (χ1v) is 6.71. The number of halogens is 3. The van der Waals surface area contributed by atoms with Crippen LogP contribution in [-0.4, -0.2) is 44.4 Å². The molecule has 18 heavy (non-hydrogen) atoms. The van der Waals surface area contributed by atoms with Crippen LogP contribution in [0.3, 0.4) is 0 Å². The summed E-state index contributed by atoms with van der Waals surface area (Å²) in [5, 5.41) is 7.22. The van der Waals surface area contributed by atoms with Gasteiger partial charge in [0, 0.05) is 19.0 Å². The maximum atomic E-state index is 11.9. The number of hydrogen-bond donors (Lipinski definition) is 3. The lowest BCUT2D eigenvalue weighted by molar-refractivity contribution is -0.121. The predicted molar refractivity (Wildman–Crippen MR) is 59.2 cm³/mol. The van der Waals surface area contributed by atoms with E-state index in [1.807, 2.05) is 0 Å². The highest BCUT2D eigenvalue weighted by molar-refractivity contribution is 7.87. The van der Waals surface area contributed by atoms with E-state index in [0.29, 0.717) is 12.8 Å². The zero-order valence-corrected chi connectivity index (χ0v) is 10.3. The van der Waals surface area contributed by atoms with Gasteiger partial charge in [-0.25, -0.2) is 0 Å². The van der Waals surface area contributed by atoms with Crippen molar-refractivity contribution in [3.63, 3.8) is 0 Å². The van der Waals surface area contributed by atoms with Crippen molar-refractivity contribution >= 4 is 16.0 Å². The van der Waals surface area contributed by atoms with Gasteiger partial charge in [0.25, 0.3) is 10.2 Å². The molecule has 0 amide bonds. The predicted octanol–water partition coefficient (Wildman–Crippen LogP) is 0.0311. The summed E-state index contributed by atoms with van der Waals surface area (Å²) in [6.45, 7) is -1.45. The molecule has 0 radical (unpaired) electrons. The number of alkyl halides is 3. The molecule has 0 spiro atoms. The minimum atomic E-state index is -4.58. The van der Waals surface area contributed by atoms with Crippen LogP contribution in [-0.2, 0) is 10.2 Å². The standard InChI is InChI=1S/C8H15F3N4O2S/c9-8(10,11)5-14-18(16,17)15-3-1-6(2-4-15)7(12)13/h6,14H,1-5H2,(H3,12,13). The third-order valence-corrected chi connectivity index (χ3v) is 4.24. The van der Waals surface area contributed by atoms with Gasteiger partial charge in [-0.3, -0.25) is 5.41 Å². The minimum absolute atomic E-state index is 0.0182. The van der Waals surface area contributed by atoms with Crippen LogP contribution in [0.1, 0.15) is 12.8 Å². The van der Waals surface area contributed by atoms with E-state index in [1.54, 1.807) is 0 Å². The molecular formula is C8H15F3N4O2S. The summed E-state index contributed by atoms with van der Waals surface area (Å²) >= 11 is 0. The Kier molecular flexibility index (Phi) is 4.56. The van der Waals surface area contributed by atoms with Crippen LogP contribution < -0.4 is 10.5 Å². The summed E-state index contributed by atoms with van der Waals surface area (Å²) in [4.78, 5) is 0. The Bertz CT molecular complexity index is 401. The summed E-state index contributed by atoms with van der Waals surface area (Å²) in [7, 11) is -4.11. The van der Waals surface area contributed by atoms with E-state index in [1.165, 1.54) is 4.72 Å². The van der Waals surface area contributed by atoms with Crippen LogP contribution in [0.25, 0.3) is 0 Å². The van der Waals surface area contributed by atoms with E-state index in [0.717, 1.165) is 4.31 Å². The first-order valence-electron chi connectivity index (χ1n) is 5.27. The minimum Gasteiger partial charge on any atom is -0.387 e. The Morgan fingerprint density at radius 1 is 1.39 bits per heavy atom. The molecule has 0 unspecified atom stereocenters. The fraction of sp³-hybridized carbons (Fsp3) is 0.875. The lowest BCUT2D eigenvalue weighted by Gasteiger charge is -2.30. The summed E-state index contributed by atoms with van der Waals surface area (Å²) in [6, 6.07) is 0. The van der Waals surface area contributed by atoms with E-state index >= 15 is 0 Å². The molecule has 1 saturated heterocycles. The quantitative estimate of drug-likeness (QED) is 0.502. The highest BCUT2D eigenvalue weighted by Crippen LogP contribution is 2.19. The summed E-state index contributed by atoms with van der Waals surface area (Å²) in [5.74, 6) is -0.214. The maximum Gasteiger partial charge on any atom is 0.402 e. The Balaban J connectivity index is 2.53. The molecule has 1 heterocycles. The van der Waals surface area contributed by atoms with Gasteiger partial charge in [-0.05, 0) is 12.8 Å². The second kappa shape index (κ2) is 5.41. The zero-order valence-electron chi connectivity index (χ0n) is 9.50. The van der Waals surface area contributed by atoms with Gasteiger partial charge in [-0.1, -0.05) is 0 Å². The number of piperidine rings is 1. The highest BCUT2D eigenvalue weighted by atomic mass is 32.2. The number of nitrogens with two attached hydrogens (primary N) is 1. The van der Waals surface area contributed by atoms with Gasteiger partial charge in [-0.15, -0.1) is 0 Å². The molecule has 106 valence electrons. The molecule has 1 aliphatic rings. The molecule has 0 aliphatic carbocycles. The van der Waals surface area contributed by atoms with Crippen molar-refractivity contribution < 1.29 is 21.6 Å². The van der Waals surface area contributed by atoms with Crippen molar-refractivity contribution in [3.8, 4) is 0 Å². The topological polar surface area (TPSA) is 99.3 Å². The second-order valence-corrected chi connectivity index (χ2v) is 5.83. The van der Waals surface area contributed by atoms with Gasteiger partial charge in [0.05, 0.1) is 5.84 Å². The van der Waals surface area contributed by atoms with E-state index in [9.17, 15) is 21.6 Å². The second-order valence-electron chi connectivity index (χ2n) is 4.07. The third-order valence-electron chi connectivity index (χ3n) is 2.69. The van der Waals surface area contributed by atoms with Crippen LogP contribution in [0.2, 0.25) is 0 Å². The fourth-order valence-electron chi connectivity index (χ4n) is 1.67. The van der Waals surface area contributed by atoms with Gasteiger partial charge >= 0.3 is 6.18 Å². The van der Waals surface area contributed by atoms with Gasteiger partial charge in [-0.2, -0.15) is 30.6 Å². The Morgan fingerprint density at radius 3 is 2.28 bits per heavy atom. The molecule has 0 aromatic carbocycles. The Hall–Kier alpha value is -0.870. The van der Waals surface area contributed by atoms with Crippen molar-refractivity contribution in [1.29, 1.82) is 5.41 Å². The average molecular weight is 288 g/mol. The van der Waals surface area contributed by atoms with E-state index in [2.05, 4.69) is 0 Å². The van der Waals surface area contributed by atoms with Gasteiger partial charge in [0.1, 0.15) is 6.54 Å². The van der Waals surface area contributed by atoms with Crippen LogP contribution in [0, 0.1) is 11.3 Å². The van der Waals surface area contributed by atoms with Crippen LogP contribution >= 0.6 is 0 Å². The summed E-state index contributed by atoms with van der Waals surface area (Å²) in [5.41, 5.74) is 5.29. The Morgan fingerprint density at radius 2 is 1.89 bits per heavy atom. The van der Waals surface area contributed by atoms with Crippen LogP contribution in [0.4, 0.5) is 13.2 Å². The fourth-order valence-corrected chi connectivity index (χ4v) is 2.89. The smallest absolute Gasteiger partial charge is 0.387 e. The van der Waals surface area contributed by atoms with Crippen LogP contribution in [0.15, 0.2) is 0 Å². The van der Waals surface area contributed by atoms with Crippen molar-refractivity contribution in [1.82, 2.24) is 9.03 Å². The molecule has 1 aliphatic heterocycles. The third kappa shape index (κ3) is 4.42. The molecule has 0 aromatic rings. The number of nitrogens with zero attached hydrogens (tertiary/aromatic N) is 1. The number of hydrogen-bond acceptors (Lipinski definition) is 3. The molecule has 0 saturated carbocycles. The summed E-state index contributed by atoms with van der Waals surface area (Å²) in [6.07, 6.45) is -3.88. The van der Waals surface area contributed by atoms with E-state index in [4.69, 9.17) is 11.1 Å². The zero-order chi connectivity index (χ0) is 14.0. The molecule has 10 heteroatoms. The molecule has 4 N–H and O–H groups in total. The van der Waals surface area contributed by atoms with Crippen molar-refractivity contribution in [2.24, 2.45) is 11.7 Å². The first kappa shape index (κ1) is 15.2. The van der Waals surface area contributed by atoms with Crippen LogP contribution in [0.5, 0.6) is 0 Å². The van der Waals surface area contributed by atoms with Gasteiger partial charge in [0.2, 0.25) is 0 Å². The molecular weight excluding hydrogens is 273 g/mol. The van der Waals surface area contributed by atoms with E-state index < -0.39 is 22.9 Å². The lowest BCUT2D eigenvalue weighted by atomic mass is 9.97. The molecule has 0 atom stereocenters. The normalized spacial score (nSPS) is 19.9. The largest absolute Gasteiger partial charge is 0.402 e. The molecule has 1 rings (SSSR count). The number of nitrogens with one attached hydrogen (secondary N) is 2. The van der Waals surface area contributed by atoms with E-state index in [-0.39, 0.29) is 24.8 Å². The lowest BCUT2D eigenvalue weighted by Crippen LogP contribution is -2.48. The summed E-state index contributed by atoms with van der Waals surface area (Å²) < 4.78 is 61.3. The first-order chi connectivity index (χ1) is 8.12.